The lowest BCUT2D eigenvalue weighted by molar-refractivity contribution is -0.166. The van der Waals surface area contributed by atoms with Gasteiger partial charge in [0.15, 0.2) is 5.60 Å². The molecule has 0 aliphatic heterocycles. The predicted octanol–water partition coefficient (Wildman–Crippen LogP) is 0.892. The Bertz CT molecular complexity index is 724. The van der Waals surface area contributed by atoms with Crippen molar-refractivity contribution in [3.05, 3.63) is 35.5 Å². The molecule has 0 bridgehead atoms. The van der Waals surface area contributed by atoms with Gasteiger partial charge in [-0.1, -0.05) is 18.2 Å². The number of H-pyrrole nitrogens is 1. The molecule has 1 aromatic carbocycles. The minimum Gasteiger partial charge on any atom is -0.380 e. The van der Waals surface area contributed by atoms with Crippen LogP contribution < -0.4 is 0 Å². The molecule has 2 atom stereocenters. The van der Waals surface area contributed by atoms with Gasteiger partial charge in [-0.25, -0.2) is 0 Å². The second-order valence-corrected chi connectivity index (χ2v) is 5.22. The average Bonchev–Trinajstić information content (AvgIpc) is 2.75. The lowest BCUT2D eigenvalue weighted by Crippen LogP contribution is -2.59. The third kappa shape index (κ3) is 1.26. The molecule has 0 amide bonds. The highest BCUT2D eigenvalue weighted by Gasteiger charge is 2.58. The molecule has 1 aliphatic carbocycles. The number of nitrogens with one attached hydrogen (secondary N) is 1. The molecule has 0 saturated heterocycles. The van der Waals surface area contributed by atoms with Crippen LogP contribution in [0.25, 0.3) is 10.9 Å². The Balaban J connectivity index is 2.46. The van der Waals surface area contributed by atoms with E-state index in [2.05, 4.69) is 4.98 Å². The second kappa shape index (κ2) is 3.31. The summed E-state index contributed by atoms with van der Waals surface area (Å²) >= 11 is 0. The van der Waals surface area contributed by atoms with E-state index in [4.69, 9.17) is 0 Å². The van der Waals surface area contributed by atoms with E-state index < -0.39 is 22.8 Å². The van der Waals surface area contributed by atoms with Crippen LogP contribution in [0, 0.1) is 0 Å². The molecule has 1 aliphatic rings. The van der Waals surface area contributed by atoms with Crippen LogP contribution in [0.3, 0.4) is 0 Å². The number of fused-ring (bicyclic) bond motifs is 3. The van der Waals surface area contributed by atoms with Crippen molar-refractivity contribution in [2.75, 3.05) is 0 Å². The second-order valence-electron chi connectivity index (χ2n) is 5.22. The summed E-state index contributed by atoms with van der Waals surface area (Å²) < 4.78 is 0. The maximum atomic E-state index is 12.2. The molecular weight excluding hydrogens is 246 g/mol. The van der Waals surface area contributed by atoms with Gasteiger partial charge < -0.3 is 15.2 Å². The van der Waals surface area contributed by atoms with Crippen LogP contribution in [-0.2, 0) is 10.4 Å². The first kappa shape index (κ1) is 12.1. The number of rotatable bonds is 0. The molecule has 0 unspecified atom stereocenters. The van der Waals surface area contributed by atoms with Crippen molar-refractivity contribution in [2.24, 2.45) is 0 Å². The third-order valence-electron chi connectivity index (χ3n) is 4.02. The molecule has 3 N–H and O–H groups in total. The standard InChI is InChI=1S/C14H13NO4/c1-13(18)11-9(10(16)12(17)14(13,2)19)7-5-3-4-6-8(7)15-11/h3-6,15,18-19H,1-2H3/t13-,14-/m1/s1. The van der Waals surface area contributed by atoms with Gasteiger partial charge in [-0.05, 0) is 19.9 Å². The van der Waals surface area contributed by atoms with E-state index in [0.29, 0.717) is 10.9 Å². The molecule has 0 radical (unpaired) electrons. The lowest BCUT2D eigenvalue weighted by atomic mass is 9.71. The zero-order valence-corrected chi connectivity index (χ0v) is 10.5. The molecule has 1 heterocycles. The zero-order valence-electron chi connectivity index (χ0n) is 10.5. The van der Waals surface area contributed by atoms with Crippen molar-refractivity contribution in [1.82, 2.24) is 4.98 Å². The van der Waals surface area contributed by atoms with Crippen LogP contribution in [-0.4, -0.2) is 32.4 Å². The fourth-order valence-corrected chi connectivity index (χ4v) is 2.54. The Morgan fingerprint density at radius 3 is 2.37 bits per heavy atom. The van der Waals surface area contributed by atoms with Crippen LogP contribution in [0.2, 0.25) is 0 Å². The molecule has 3 rings (SSSR count). The highest BCUT2D eigenvalue weighted by atomic mass is 16.4. The number of hydrogen-bond donors (Lipinski definition) is 3. The highest BCUT2D eigenvalue weighted by Crippen LogP contribution is 2.42. The molecule has 19 heavy (non-hydrogen) atoms. The number of ketones is 2. The molecular formula is C14H13NO4. The van der Waals surface area contributed by atoms with Gasteiger partial charge in [0, 0.05) is 10.9 Å². The molecule has 0 fully saturated rings. The SMILES string of the molecule is C[C@@]1(O)C(=O)C(=O)c2c([nH]c3ccccc23)[C@@]1(C)O. The predicted molar refractivity (Wildman–Crippen MR) is 67.8 cm³/mol. The summed E-state index contributed by atoms with van der Waals surface area (Å²) in [5, 5.41) is 21.2. The van der Waals surface area contributed by atoms with Gasteiger partial charge in [-0.3, -0.25) is 9.59 Å². The molecule has 2 aromatic rings. The summed E-state index contributed by atoms with van der Waals surface area (Å²) in [5.41, 5.74) is -3.00. The molecule has 5 nitrogen and oxygen atoms in total. The largest absolute Gasteiger partial charge is 0.380 e. The molecule has 0 spiro atoms. The zero-order chi connectivity index (χ0) is 14.0. The summed E-state index contributed by atoms with van der Waals surface area (Å²) in [4.78, 5) is 27.1. The highest BCUT2D eigenvalue weighted by molar-refractivity contribution is 6.49. The minimum atomic E-state index is -2.14. The maximum Gasteiger partial charge on any atom is 0.237 e. The maximum absolute atomic E-state index is 12.2. The van der Waals surface area contributed by atoms with Gasteiger partial charge >= 0.3 is 0 Å². The van der Waals surface area contributed by atoms with Crippen LogP contribution in [0.15, 0.2) is 24.3 Å². The van der Waals surface area contributed by atoms with Gasteiger partial charge in [0.1, 0.15) is 5.60 Å². The number of aliphatic hydroxyl groups is 2. The lowest BCUT2D eigenvalue weighted by Gasteiger charge is -2.39. The first-order valence-corrected chi connectivity index (χ1v) is 5.93. The Kier molecular flexibility index (Phi) is 2.11. The van der Waals surface area contributed by atoms with Crippen molar-refractivity contribution in [3.63, 3.8) is 0 Å². The van der Waals surface area contributed by atoms with Crippen LogP contribution in [0.1, 0.15) is 29.9 Å². The number of carbonyl (C=O) groups is 2. The van der Waals surface area contributed by atoms with E-state index in [1.807, 2.05) is 0 Å². The summed E-state index contributed by atoms with van der Waals surface area (Å²) in [6.07, 6.45) is 0. The van der Waals surface area contributed by atoms with E-state index in [1.165, 1.54) is 6.92 Å². The number of para-hydroxylation sites is 1. The number of aromatic nitrogens is 1. The van der Waals surface area contributed by atoms with Crippen LogP contribution in [0.5, 0.6) is 0 Å². The normalized spacial score (nSPS) is 30.7. The van der Waals surface area contributed by atoms with Crippen molar-refractivity contribution in [2.45, 2.75) is 25.0 Å². The fourth-order valence-electron chi connectivity index (χ4n) is 2.54. The van der Waals surface area contributed by atoms with Crippen molar-refractivity contribution in [1.29, 1.82) is 0 Å². The van der Waals surface area contributed by atoms with E-state index >= 15 is 0 Å². The number of carbonyl (C=O) groups excluding carboxylic acids is 2. The van der Waals surface area contributed by atoms with Crippen LogP contribution >= 0.6 is 0 Å². The summed E-state index contributed by atoms with van der Waals surface area (Å²) in [7, 11) is 0. The smallest absolute Gasteiger partial charge is 0.237 e. The third-order valence-corrected chi connectivity index (χ3v) is 4.02. The van der Waals surface area contributed by atoms with Gasteiger partial charge in [-0.15, -0.1) is 0 Å². The summed E-state index contributed by atoms with van der Waals surface area (Å²) in [6, 6.07) is 6.97. The number of aromatic amines is 1. The number of hydrogen-bond acceptors (Lipinski definition) is 4. The first-order chi connectivity index (χ1) is 8.78. The quantitative estimate of drug-likeness (QED) is 0.613. The van der Waals surface area contributed by atoms with E-state index in [-0.39, 0.29) is 11.3 Å². The summed E-state index contributed by atoms with van der Waals surface area (Å²) in [6.45, 7) is 2.48. The molecule has 98 valence electrons. The van der Waals surface area contributed by atoms with E-state index in [0.717, 1.165) is 6.92 Å². The van der Waals surface area contributed by atoms with Crippen molar-refractivity contribution in [3.8, 4) is 0 Å². The summed E-state index contributed by atoms with van der Waals surface area (Å²) in [5.74, 6) is -1.77. The number of benzene rings is 1. The van der Waals surface area contributed by atoms with Gasteiger partial charge in [0.05, 0.1) is 11.3 Å². The first-order valence-electron chi connectivity index (χ1n) is 5.93. The van der Waals surface area contributed by atoms with E-state index in [9.17, 15) is 19.8 Å². The van der Waals surface area contributed by atoms with Gasteiger partial charge in [0.2, 0.25) is 11.6 Å². The number of Topliss-reactive ketones (excluding diaryl/α,β-unsaturated/α-hetero) is 2. The monoisotopic (exact) mass is 259 g/mol. The fraction of sp³-hybridized carbons (Fsp3) is 0.286. The Labute approximate surface area is 108 Å². The van der Waals surface area contributed by atoms with Crippen molar-refractivity contribution < 1.29 is 19.8 Å². The molecule has 5 heteroatoms. The average molecular weight is 259 g/mol. The van der Waals surface area contributed by atoms with Crippen molar-refractivity contribution >= 4 is 22.5 Å². The Morgan fingerprint density at radius 1 is 1.05 bits per heavy atom. The van der Waals surface area contributed by atoms with Gasteiger partial charge in [0.25, 0.3) is 0 Å². The van der Waals surface area contributed by atoms with Crippen LogP contribution in [0.4, 0.5) is 0 Å². The molecule has 0 saturated carbocycles. The Hall–Kier alpha value is -1.98. The topological polar surface area (TPSA) is 90.4 Å². The van der Waals surface area contributed by atoms with E-state index in [1.54, 1.807) is 24.3 Å². The molecule has 1 aromatic heterocycles. The minimum absolute atomic E-state index is 0.150. The Morgan fingerprint density at radius 2 is 1.68 bits per heavy atom. The van der Waals surface area contributed by atoms with Gasteiger partial charge in [-0.2, -0.15) is 0 Å².